The van der Waals surface area contributed by atoms with Crippen LogP contribution in [0.1, 0.15) is 59.1 Å². The largest absolute Gasteiger partial charge is 0.374 e. The van der Waals surface area contributed by atoms with E-state index >= 15 is 0 Å². The lowest BCUT2D eigenvalue weighted by Gasteiger charge is -2.39. The Balaban J connectivity index is 2.26. The molecule has 2 aromatic rings. The van der Waals surface area contributed by atoms with Gasteiger partial charge in [-0.3, -0.25) is 10.4 Å². The average Bonchev–Trinajstić information content (AvgIpc) is 2.66. The van der Waals surface area contributed by atoms with Gasteiger partial charge < -0.3 is 10.5 Å². The van der Waals surface area contributed by atoms with Gasteiger partial charge in [0.15, 0.2) is 0 Å². The minimum atomic E-state index is -0.439. The van der Waals surface area contributed by atoms with Crippen molar-refractivity contribution in [3.05, 3.63) is 71.8 Å². The van der Waals surface area contributed by atoms with Crippen LogP contribution in [0.25, 0.3) is 0 Å². The Morgan fingerprint density at radius 1 is 0.862 bits per heavy atom. The van der Waals surface area contributed by atoms with Crippen LogP contribution in [-0.2, 0) is 4.74 Å². The predicted octanol–water partition coefficient (Wildman–Crippen LogP) is 5.24. The Kier molecular flexibility index (Phi) is 7.15. The maximum atomic E-state index is 8.78. The summed E-state index contributed by atoms with van der Waals surface area (Å²) in [6.45, 7) is 12.7. The summed E-state index contributed by atoms with van der Waals surface area (Å²) in [6.07, 6.45) is 0.727. The minimum Gasteiger partial charge on any atom is -0.374 e. The third-order valence-electron chi connectivity index (χ3n) is 5.49. The van der Waals surface area contributed by atoms with Crippen molar-refractivity contribution < 1.29 is 4.74 Å². The van der Waals surface area contributed by atoms with Gasteiger partial charge in [0.25, 0.3) is 0 Å². The number of hydrogen-bond donors (Lipinski definition) is 2. The quantitative estimate of drug-likeness (QED) is 0.572. The zero-order chi connectivity index (χ0) is 21.7. The van der Waals surface area contributed by atoms with E-state index in [1.807, 2.05) is 88.4 Å². The zero-order valence-corrected chi connectivity index (χ0v) is 18.6. The highest BCUT2D eigenvalue weighted by molar-refractivity contribution is 6.52. The molecule has 156 valence electrons. The fraction of sp³-hybridized carbons (Fsp3) is 0.440. The Labute approximate surface area is 175 Å². The molecule has 0 fully saturated rings. The molecular weight excluding hydrogens is 358 g/mol. The molecule has 2 aromatic carbocycles. The summed E-state index contributed by atoms with van der Waals surface area (Å²) in [5, 5.41) is 8.78. The van der Waals surface area contributed by atoms with Crippen LogP contribution in [0.15, 0.2) is 65.7 Å². The first-order valence-corrected chi connectivity index (χ1v) is 10.2. The Morgan fingerprint density at radius 2 is 1.34 bits per heavy atom. The van der Waals surface area contributed by atoms with E-state index in [-0.39, 0.29) is 5.54 Å². The molecule has 0 spiro atoms. The van der Waals surface area contributed by atoms with Crippen LogP contribution >= 0.6 is 0 Å². The summed E-state index contributed by atoms with van der Waals surface area (Å²) in [7, 11) is 0. The van der Waals surface area contributed by atoms with Crippen molar-refractivity contribution >= 4 is 11.4 Å². The predicted molar refractivity (Wildman–Crippen MR) is 123 cm³/mol. The number of nitrogens with two attached hydrogens (primary N) is 1. The molecule has 0 amide bonds. The first kappa shape index (κ1) is 23.0. The molecule has 0 saturated heterocycles. The number of nitrogens with one attached hydrogen (secondary N) is 1. The third-order valence-corrected chi connectivity index (χ3v) is 5.49. The number of nitrogens with zero attached hydrogens (tertiary/aromatic N) is 1. The zero-order valence-electron chi connectivity index (χ0n) is 18.6. The molecule has 2 rings (SSSR count). The molecule has 0 aliphatic rings. The van der Waals surface area contributed by atoms with Crippen molar-refractivity contribution in [1.29, 1.82) is 5.41 Å². The van der Waals surface area contributed by atoms with E-state index < -0.39 is 11.1 Å². The highest BCUT2D eigenvalue weighted by Crippen LogP contribution is 2.25. The Bertz CT molecular complexity index is 831. The van der Waals surface area contributed by atoms with E-state index in [9.17, 15) is 0 Å². The molecule has 4 heteroatoms. The molecule has 0 aliphatic carbocycles. The van der Waals surface area contributed by atoms with Gasteiger partial charge in [-0.15, -0.1) is 0 Å². The monoisotopic (exact) mass is 393 g/mol. The number of ether oxygens (including phenoxy) is 1. The van der Waals surface area contributed by atoms with Gasteiger partial charge in [-0.25, -0.2) is 0 Å². The summed E-state index contributed by atoms with van der Waals surface area (Å²) in [5.74, 6) is 0. The molecule has 0 heterocycles. The molecule has 0 radical (unpaired) electrons. The lowest BCUT2D eigenvalue weighted by atomic mass is 9.87. The van der Waals surface area contributed by atoms with Crippen LogP contribution in [-0.4, -0.2) is 34.7 Å². The van der Waals surface area contributed by atoms with Crippen molar-refractivity contribution in [2.24, 2.45) is 10.7 Å². The van der Waals surface area contributed by atoms with Crippen LogP contribution < -0.4 is 5.73 Å². The Morgan fingerprint density at radius 3 is 1.83 bits per heavy atom. The van der Waals surface area contributed by atoms with E-state index in [1.54, 1.807) is 0 Å². The summed E-state index contributed by atoms with van der Waals surface area (Å²) >= 11 is 0. The van der Waals surface area contributed by atoms with Crippen LogP contribution in [0.3, 0.4) is 0 Å². The normalized spacial score (nSPS) is 13.4. The number of rotatable bonds is 9. The maximum Gasteiger partial charge on any atom is 0.0908 e. The summed E-state index contributed by atoms with van der Waals surface area (Å²) in [5.41, 5.74) is 7.90. The summed E-state index contributed by atoms with van der Waals surface area (Å²) in [6, 6.07) is 19.7. The van der Waals surface area contributed by atoms with Crippen LogP contribution in [0.5, 0.6) is 0 Å². The topological polar surface area (TPSA) is 71.5 Å². The molecule has 0 unspecified atom stereocenters. The van der Waals surface area contributed by atoms with Gasteiger partial charge in [-0.05, 0) is 48.0 Å². The molecule has 29 heavy (non-hydrogen) atoms. The Hall–Kier alpha value is -2.30. The summed E-state index contributed by atoms with van der Waals surface area (Å²) < 4.78 is 6.11. The highest BCUT2D eigenvalue weighted by atomic mass is 16.5. The second-order valence-electron chi connectivity index (χ2n) is 9.21. The molecule has 0 aromatic heterocycles. The molecule has 0 saturated carbocycles. The summed E-state index contributed by atoms with van der Waals surface area (Å²) in [4.78, 5) is 5.02. The molecule has 0 atom stereocenters. The number of aliphatic imine (C=N–C) groups is 1. The molecule has 0 aliphatic heterocycles. The third kappa shape index (κ3) is 6.34. The number of benzene rings is 2. The van der Waals surface area contributed by atoms with E-state index in [4.69, 9.17) is 20.9 Å². The molecule has 3 N–H and O–H groups in total. The van der Waals surface area contributed by atoms with Gasteiger partial charge in [0, 0.05) is 23.3 Å². The van der Waals surface area contributed by atoms with Crippen LogP contribution in [0.4, 0.5) is 0 Å². The lowest BCUT2D eigenvalue weighted by Crippen LogP contribution is -2.54. The van der Waals surface area contributed by atoms with Crippen molar-refractivity contribution in [2.75, 3.05) is 6.61 Å². The highest BCUT2D eigenvalue weighted by Gasteiger charge is 2.34. The van der Waals surface area contributed by atoms with E-state index in [0.717, 1.165) is 17.5 Å². The fourth-order valence-corrected chi connectivity index (χ4v) is 2.70. The van der Waals surface area contributed by atoms with E-state index in [1.165, 1.54) is 0 Å². The fourth-order valence-electron chi connectivity index (χ4n) is 2.70. The van der Waals surface area contributed by atoms with Gasteiger partial charge in [0.1, 0.15) is 0 Å². The molecular formula is C25H35N3O. The SMILES string of the molecule is CC(C)(CCOC(C)(C)C(C)(C)N)N=C(C(=N)c1ccccc1)c1ccccc1. The average molecular weight is 394 g/mol. The van der Waals surface area contributed by atoms with E-state index in [0.29, 0.717) is 18.0 Å². The van der Waals surface area contributed by atoms with Gasteiger partial charge in [0.2, 0.25) is 0 Å². The number of hydrogen-bond acceptors (Lipinski definition) is 4. The minimum absolute atomic E-state index is 0.388. The molecule has 0 bridgehead atoms. The van der Waals surface area contributed by atoms with Crippen molar-refractivity contribution in [3.8, 4) is 0 Å². The van der Waals surface area contributed by atoms with Crippen molar-refractivity contribution in [1.82, 2.24) is 0 Å². The van der Waals surface area contributed by atoms with Gasteiger partial charge in [0.05, 0.1) is 22.6 Å². The second-order valence-corrected chi connectivity index (χ2v) is 9.21. The van der Waals surface area contributed by atoms with Crippen LogP contribution in [0, 0.1) is 5.41 Å². The van der Waals surface area contributed by atoms with Crippen molar-refractivity contribution in [2.45, 2.75) is 64.6 Å². The van der Waals surface area contributed by atoms with E-state index in [2.05, 4.69) is 13.8 Å². The molecule has 4 nitrogen and oxygen atoms in total. The smallest absolute Gasteiger partial charge is 0.0908 e. The standard InChI is InChI=1S/C25H35N3O/c1-23(2,17-18-29-25(5,6)24(3,4)27)28-22(20-15-11-8-12-16-20)21(26)19-13-9-7-10-14-19/h7-16,26H,17-18,27H2,1-6H3. The van der Waals surface area contributed by atoms with Crippen LogP contribution in [0.2, 0.25) is 0 Å². The van der Waals surface area contributed by atoms with Gasteiger partial charge >= 0.3 is 0 Å². The lowest BCUT2D eigenvalue weighted by molar-refractivity contribution is -0.0661. The first-order valence-electron chi connectivity index (χ1n) is 10.2. The maximum absolute atomic E-state index is 8.78. The van der Waals surface area contributed by atoms with Gasteiger partial charge in [-0.1, -0.05) is 60.7 Å². The first-order chi connectivity index (χ1) is 13.4. The second kappa shape index (κ2) is 9.02. The van der Waals surface area contributed by atoms with Gasteiger partial charge in [-0.2, -0.15) is 0 Å². The van der Waals surface area contributed by atoms with Crippen molar-refractivity contribution in [3.63, 3.8) is 0 Å².